The number of allylic oxidation sites excluding steroid dienone is 1. The average Bonchev–Trinajstić information content (AvgIpc) is 2.58. The third-order valence-electron chi connectivity index (χ3n) is 2.21. The summed E-state index contributed by atoms with van der Waals surface area (Å²) in [4.78, 5) is 21.7. The zero-order chi connectivity index (χ0) is 10.8. The number of carbonyl (C=O) groups excluding carboxylic acids is 1. The van der Waals surface area contributed by atoms with Gasteiger partial charge in [0.15, 0.2) is 5.78 Å². The summed E-state index contributed by atoms with van der Waals surface area (Å²) in [5.74, 6) is -1.03. The predicted octanol–water partition coefficient (Wildman–Crippen LogP) is 1.99. The number of carbonyl (C=O) groups is 2. The lowest BCUT2D eigenvalue weighted by atomic mass is 10.0. The van der Waals surface area contributed by atoms with Crippen LogP contribution in [0.25, 0.3) is 12.2 Å². The molecule has 0 saturated heterocycles. The van der Waals surface area contributed by atoms with Crippen molar-refractivity contribution in [3.63, 3.8) is 0 Å². The number of ketones is 1. The molecule has 0 aromatic heterocycles. The third-order valence-corrected chi connectivity index (χ3v) is 2.21. The quantitative estimate of drug-likeness (QED) is 0.743. The van der Waals surface area contributed by atoms with Crippen molar-refractivity contribution in [1.82, 2.24) is 0 Å². The molecule has 0 radical (unpaired) electrons. The SMILES string of the molecule is O=C(O)C=Cc1cccc2c1C=CC2=O. The lowest BCUT2D eigenvalue weighted by Crippen LogP contribution is -1.93. The second kappa shape index (κ2) is 3.53. The minimum Gasteiger partial charge on any atom is -0.478 e. The van der Waals surface area contributed by atoms with E-state index in [2.05, 4.69) is 0 Å². The first-order valence-electron chi connectivity index (χ1n) is 4.45. The molecule has 1 N–H and O–H groups in total. The highest BCUT2D eigenvalue weighted by atomic mass is 16.4. The van der Waals surface area contributed by atoms with E-state index in [1.165, 1.54) is 12.2 Å². The fraction of sp³-hybridized carbons (Fsp3) is 0. The topological polar surface area (TPSA) is 54.4 Å². The number of hydrogen-bond donors (Lipinski definition) is 1. The van der Waals surface area contributed by atoms with E-state index < -0.39 is 5.97 Å². The van der Waals surface area contributed by atoms with Crippen LogP contribution in [-0.2, 0) is 4.79 Å². The van der Waals surface area contributed by atoms with Gasteiger partial charge in [-0.15, -0.1) is 0 Å². The van der Waals surface area contributed by atoms with Gasteiger partial charge >= 0.3 is 5.97 Å². The summed E-state index contributed by atoms with van der Waals surface area (Å²) >= 11 is 0. The molecule has 0 atom stereocenters. The minimum atomic E-state index is -0.999. The number of rotatable bonds is 2. The van der Waals surface area contributed by atoms with E-state index in [0.29, 0.717) is 5.56 Å². The van der Waals surface area contributed by atoms with Crippen LogP contribution in [0.1, 0.15) is 21.5 Å². The highest BCUT2D eigenvalue weighted by molar-refractivity contribution is 6.14. The van der Waals surface area contributed by atoms with Gasteiger partial charge in [0.25, 0.3) is 0 Å². The van der Waals surface area contributed by atoms with Crippen molar-refractivity contribution in [3.05, 3.63) is 47.0 Å². The van der Waals surface area contributed by atoms with Crippen LogP contribution in [0.5, 0.6) is 0 Å². The highest BCUT2D eigenvalue weighted by Crippen LogP contribution is 2.24. The largest absolute Gasteiger partial charge is 0.478 e. The fourth-order valence-corrected chi connectivity index (χ4v) is 1.54. The Morgan fingerprint density at radius 1 is 1.27 bits per heavy atom. The smallest absolute Gasteiger partial charge is 0.328 e. The van der Waals surface area contributed by atoms with Crippen LogP contribution in [-0.4, -0.2) is 16.9 Å². The Bertz CT molecular complexity index is 496. The van der Waals surface area contributed by atoms with Crippen LogP contribution < -0.4 is 0 Å². The lowest BCUT2D eigenvalue weighted by molar-refractivity contribution is -0.131. The average molecular weight is 200 g/mol. The number of benzene rings is 1. The summed E-state index contributed by atoms with van der Waals surface area (Å²) in [6.07, 6.45) is 5.75. The van der Waals surface area contributed by atoms with Crippen LogP contribution in [0.3, 0.4) is 0 Å². The van der Waals surface area contributed by atoms with Gasteiger partial charge in [0.05, 0.1) is 0 Å². The van der Waals surface area contributed by atoms with Crippen LogP contribution in [0.4, 0.5) is 0 Å². The zero-order valence-electron chi connectivity index (χ0n) is 7.81. The second-order valence-electron chi connectivity index (χ2n) is 3.18. The van der Waals surface area contributed by atoms with Crippen molar-refractivity contribution in [1.29, 1.82) is 0 Å². The molecule has 2 rings (SSSR count). The molecule has 0 amide bonds. The minimum absolute atomic E-state index is 0.0319. The van der Waals surface area contributed by atoms with Crippen molar-refractivity contribution < 1.29 is 14.7 Å². The van der Waals surface area contributed by atoms with Gasteiger partial charge in [-0.1, -0.05) is 18.2 Å². The Morgan fingerprint density at radius 2 is 2.07 bits per heavy atom. The van der Waals surface area contributed by atoms with Crippen molar-refractivity contribution in [2.24, 2.45) is 0 Å². The summed E-state index contributed by atoms with van der Waals surface area (Å²) in [6.45, 7) is 0. The van der Waals surface area contributed by atoms with E-state index in [1.807, 2.05) is 0 Å². The molecule has 3 nitrogen and oxygen atoms in total. The molecular formula is C12H8O3. The van der Waals surface area contributed by atoms with Crippen molar-refractivity contribution in [3.8, 4) is 0 Å². The summed E-state index contributed by atoms with van der Waals surface area (Å²) in [5.41, 5.74) is 2.17. The van der Waals surface area contributed by atoms with Crippen LogP contribution in [0.15, 0.2) is 30.4 Å². The summed E-state index contributed by atoms with van der Waals surface area (Å²) in [6, 6.07) is 5.25. The molecule has 0 spiro atoms. The van der Waals surface area contributed by atoms with E-state index in [4.69, 9.17) is 5.11 Å². The molecule has 1 aromatic rings. The monoisotopic (exact) mass is 200 g/mol. The first kappa shape index (κ1) is 9.40. The molecule has 1 aliphatic carbocycles. The molecule has 0 aliphatic heterocycles. The van der Waals surface area contributed by atoms with Gasteiger partial charge in [0.2, 0.25) is 0 Å². The summed E-state index contributed by atoms with van der Waals surface area (Å²) in [7, 11) is 0. The molecule has 0 bridgehead atoms. The Morgan fingerprint density at radius 3 is 2.80 bits per heavy atom. The highest BCUT2D eigenvalue weighted by Gasteiger charge is 2.14. The Balaban J connectivity index is 2.47. The molecule has 74 valence electrons. The van der Waals surface area contributed by atoms with Crippen molar-refractivity contribution in [2.45, 2.75) is 0 Å². The molecule has 3 heteroatoms. The maximum atomic E-state index is 11.3. The molecule has 0 saturated carbocycles. The van der Waals surface area contributed by atoms with E-state index in [-0.39, 0.29) is 5.78 Å². The number of carboxylic acids is 1. The van der Waals surface area contributed by atoms with E-state index in [0.717, 1.165) is 17.2 Å². The third kappa shape index (κ3) is 1.72. The van der Waals surface area contributed by atoms with Crippen LogP contribution in [0, 0.1) is 0 Å². The summed E-state index contributed by atoms with van der Waals surface area (Å²) < 4.78 is 0. The second-order valence-corrected chi connectivity index (χ2v) is 3.18. The molecule has 15 heavy (non-hydrogen) atoms. The maximum absolute atomic E-state index is 11.3. The standard InChI is InChI=1S/C12H8O3/c13-11-6-5-9-8(4-7-12(14)15)2-1-3-10(9)11/h1-7H,(H,14,15). The number of carboxylic acid groups (broad SMARTS) is 1. The van der Waals surface area contributed by atoms with Gasteiger partial charge in [0, 0.05) is 11.6 Å². The summed E-state index contributed by atoms with van der Waals surface area (Å²) in [5, 5.41) is 8.50. The van der Waals surface area contributed by atoms with Crippen LogP contribution >= 0.6 is 0 Å². The van der Waals surface area contributed by atoms with Gasteiger partial charge in [-0.25, -0.2) is 4.79 Å². The normalized spacial score (nSPS) is 13.5. The van der Waals surface area contributed by atoms with Gasteiger partial charge in [-0.2, -0.15) is 0 Å². The predicted molar refractivity (Wildman–Crippen MR) is 56.5 cm³/mol. The Labute approximate surface area is 86.4 Å². The maximum Gasteiger partial charge on any atom is 0.328 e. The molecular weight excluding hydrogens is 192 g/mol. The molecule has 1 aliphatic rings. The Kier molecular flexibility index (Phi) is 2.21. The van der Waals surface area contributed by atoms with E-state index in [9.17, 15) is 9.59 Å². The van der Waals surface area contributed by atoms with Crippen LogP contribution in [0.2, 0.25) is 0 Å². The fourth-order valence-electron chi connectivity index (χ4n) is 1.54. The Hall–Kier alpha value is -2.16. The van der Waals surface area contributed by atoms with E-state index in [1.54, 1.807) is 24.3 Å². The van der Waals surface area contributed by atoms with Gasteiger partial charge < -0.3 is 5.11 Å². The van der Waals surface area contributed by atoms with Gasteiger partial charge in [-0.05, 0) is 29.4 Å². The van der Waals surface area contributed by atoms with Crippen molar-refractivity contribution >= 4 is 23.9 Å². The number of fused-ring (bicyclic) bond motifs is 1. The molecule has 1 aromatic carbocycles. The number of aliphatic carboxylic acids is 1. The first-order chi connectivity index (χ1) is 7.18. The first-order valence-corrected chi connectivity index (χ1v) is 4.45. The van der Waals surface area contributed by atoms with Crippen molar-refractivity contribution in [2.75, 3.05) is 0 Å². The van der Waals surface area contributed by atoms with Gasteiger partial charge in [0.1, 0.15) is 0 Å². The molecule has 0 unspecified atom stereocenters. The van der Waals surface area contributed by atoms with Gasteiger partial charge in [-0.3, -0.25) is 4.79 Å². The van der Waals surface area contributed by atoms with E-state index >= 15 is 0 Å². The number of hydrogen-bond acceptors (Lipinski definition) is 2. The zero-order valence-corrected chi connectivity index (χ0v) is 7.81. The lowest BCUT2D eigenvalue weighted by Gasteiger charge is -2.00. The molecule has 0 heterocycles. The molecule has 0 fully saturated rings.